The van der Waals surface area contributed by atoms with Gasteiger partial charge in [-0.3, -0.25) is 5.43 Å². The van der Waals surface area contributed by atoms with Gasteiger partial charge in [0, 0.05) is 19.7 Å². The fraction of sp³-hybridized carbons (Fsp3) is 0.316. The summed E-state index contributed by atoms with van der Waals surface area (Å²) in [5.41, 5.74) is 3.13. The molecule has 0 fully saturated rings. The fourth-order valence-corrected chi connectivity index (χ4v) is 4.04. The molecule has 1 N–H and O–H groups in total. The third-order valence-corrected chi connectivity index (χ3v) is 6.15. The Morgan fingerprint density at radius 1 is 1.19 bits per heavy atom. The van der Waals surface area contributed by atoms with Crippen molar-refractivity contribution in [2.75, 3.05) is 6.61 Å². The van der Waals surface area contributed by atoms with E-state index in [-0.39, 0.29) is 24.9 Å². The Kier molecular flexibility index (Phi) is 6.01. The van der Waals surface area contributed by atoms with Gasteiger partial charge in [-0.1, -0.05) is 46.0 Å². The molecule has 8 nitrogen and oxygen atoms in total. The van der Waals surface area contributed by atoms with E-state index in [0.717, 1.165) is 12.1 Å². The summed E-state index contributed by atoms with van der Waals surface area (Å²) in [6, 6.07) is 7.72. The molecule has 4 rings (SSSR count). The molecule has 2 atom stereocenters. The first-order valence-corrected chi connectivity index (χ1v) is 10.4. The third-order valence-electron chi connectivity index (χ3n) is 4.81. The minimum absolute atomic E-state index is 0.0750. The van der Waals surface area contributed by atoms with Gasteiger partial charge in [-0.25, -0.2) is 0 Å². The second-order valence-corrected chi connectivity index (χ2v) is 9.03. The molecular formula is C19H16F4IN7O. The lowest BCUT2D eigenvalue weighted by atomic mass is 9.99. The molecule has 0 saturated heterocycles. The molecule has 2 unspecified atom stereocenters. The minimum atomic E-state index is -4.44. The van der Waals surface area contributed by atoms with Crippen molar-refractivity contribution >= 4 is 22.6 Å². The van der Waals surface area contributed by atoms with Crippen molar-refractivity contribution in [2.24, 2.45) is 17.4 Å². The van der Waals surface area contributed by atoms with Crippen LogP contribution in [0.3, 0.4) is 0 Å². The molecule has 0 spiro atoms. The van der Waals surface area contributed by atoms with Crippen LogP contribution in [-0.2, 0) is 19.6 Å². The second-order valence-electron chi connectivity index (χ2n) is 7.11. The van der Waals surface area contributed by atoms with Gasteiger partial charge < -0.3 is 9.30 Å². The number of alkyl halides is 4. The Morgan fingerprint density at radius 3 is 2.72 bits per heavy atom. The number of aryl methyl sites for hydroxylation is 1. The number of nitrogens with one attached hydrogen (secondary N) is 1. The van der Waals surface area contributed by atoms with Gasteiger partial charge in [0.15, 0.2) is 5.82 Å². The summed E-state index contributed by atoms with van der Waals surface area (Å²) < 4.78 is 59.5. The normalized spacial score (nSPS) is 20.4. The summed E-state index contributed by atoms with van der Waals surface area (Å²) in [5.74, 6) is 0.107. The average Bonchev–Trinajstić information content (AvgIpc) is 3.31. The maximum absolute atomic E-state index is 13.9. The van der Waals surface area contributed by atoms with Crippen LogP contribution in [0.1, 0.15) is 11.1 Å². The van der Waals surface area contributed by atoms with Crippen LogP contribution < -0.4 is 10.2 Å². The van der Waals surface area contributed by atoms with Crippen LogP contribution in [0, 0.1) is 6.08 Å². The van der Waals surface area contributed by atoms with Crippen LogP contribution in [0.5, 0.6) is 6.01 Å². The van der Waals surface area contributed by atoms with Crippen molar-refractivity contribution in [3.63, 3.8) is 0 Å². The van der Waals surface area contributed by atoms with Crippen molar-refractivity contribution in [1.29, 1.82) is 0 Å². The number of halogens is 5. The van der Waals surface area contributed by atoms with E-state index < -0.39 is 27.4 Å². The van der Waals surface area contributed by atoms with Crippen LogP contribution in [-0.4, -0.2) is 35.7 Å². The van der Waals surface area contributed by atoms with E-state index in [4.69, 9.17) is 4.74 Å². The van der Waals surface area contributed by atoms with Crippen molar-refractivity contribution in [3.8, 4) is 17.5 Å². The van der Waals surface area contributed by atoms with Gasteiger partial charge in [-0.15, -0.1) is 4.98 Å². The van der Waals surface area contributed by atoms with Crippen LogP contribution in [0.2, 0.25) is 0 Å². The Morgan fingerprint density at radius 2 is 2.00 bits per heavy atom. The summed E-state index contributed by atoms with van der Waals surface area (Å²) in [7, 11) is 1.76. The summed E-state index contributed by atoms with van der Waals surface area (Å²) in [5, 5.41) is 7.89. The van der Waals surface area contributed by atoms with Crippen molar-refractivity contribution in [2.45, 2.75) is 22.2 Å². The zero-order valence-corrected chi connectivity index (χ0v) is 18.7. The Labute approximate surface area is 193 Å². The van der Waals surface area contributed by atoms with Gasteiger partial charge >= 0.3 is 18.3 Å². The molecule has 2 aromatic heterocycles. The van der Waals surface area contributed by atoms with E-state index in [1.165, 1.54) is 6.07 Å². The lowest BCUT2D eigenvalue weighted by molar-refractivity contribution is -0.137. The monoisotopic (exact) mass is 561 g/mol. The zero-order valence-electron chi connectivity index (χ0n) is 16.5. The van der Waals surface area contributed by atoms with Gasteiger partial charge in [0.2, 0.25) is 0 Å². The fourth-order valence-electron chi connectivity index (χ4n) is 3.18. The maximum Gasteiger partial charge on any atom is 0.416 e. The first-order chi connectivity index (χ1) is 15.1. The molecule has 0 bridgehead atoms. The predicted molar refractivity (Wildman–Crippen MR) is 113 cm³/mol. The molecule has 0 saturated carbocycles. The molecule has 0 aliphatic carbocycles. The van der Waals surface area contributed by atoms with Crippen LogP contribution in [0.25, 0.3) is 11.5 Å². The zero-order chi connectivity index (χ0) is 22.9. The van der Waals surface area contributed by atoms with Crippen molar-refractivity contribution in [1.82, 2.24) is 24.9 Å². The molecule has 3 heterocycles. The topological polar surface area (TPSA) is 89.6 Å². The molecule has 1 aromatic carbocycles. The van der Waals surface area contributed by atoms with Gasteiger partial charge in [0.05, 0.1) is 11.3 Å². The highest BCUT2D eigenvalue weighted by molar-refractivity contribution is 14.1. The number of rotatable bonds is 6. The van der Waals surface area contributed by atoms with Gasteiger partial charge in [-0.2, -0.15) is 32.6 Å². The molecule has 32 heavy (non-hydrogen) atoms. The molecule has 0 amide bonds. The Bertz CT molecular complexity index is 1150. The Hall–Kier alpha value is -2.84. The standard InChI is InChI=1S/C19H16F4IN7O/c1-31-7-3-6-13(31)15-25-16(20)27-17(26-15)32-10-14-18(24,29-30-28-14)9-11-4-2-5-12(8-11)19(21,22)23/h2-8,14H,9-10H2,1H3,(H,28,29). The highest BCUT2D eigenvalue weighted by atomic mass is 127. The maximum atomic E-state index is 13.9. The quantitative estimate of drug-likeness (QED) is 0.212. The van der Waals surface area contributed by atoms with E-state index in [1.807, 2.05) is 22.6 Å². The first kappa shape index (κ1) is 22.4. The molecular weight excluding hydrogens is 545 g/mol. The number of aromatic nitrogens is 4. The summed E-state index contributed by atoms with van der Waals surface area (Å²) in [6.45, 7) is -0.0750. The van der Waals surface area contributed by atoms with Crippen molar-refractivity contribution in [3.05, 3.63) is 59.8 Å². The van der Waals surface area contributed by atoms with Crippen LogP contribution in [0.15, 0.2) is 52.9 Å². The molecule has 3 aromatic rings. The van der Waals surface area contributed by atoms with E-state index in [1.54, 1.807) is 36.0 Å². The highest BCUT2D eigenvalue weighted by Crippen LogP contribution is 2.34. The van der Waals surface area contributed by atoms with Crippen molar-refractivity contribution < 1.29 is 22.3 Å². The lowest BCUT2D eigenvalue weighted by Gasteiger charge is -2.26. The lowest BCUT2D eigenvalue weighted by Crippen LogP contribution is -2.46. The first-order valence-electron chi connectivity index (χ1n) is 9.32. The van der Waals surface area contributed by atoms with Gasteiger partial charge in [-0.05, 0) is 23.8 Å². The SMILES string of the molecule is Cn1cccc1-c1nc(F)nc(OCC2N=NNC2(I)Cc2cccc(C(F)(F)F)c2)n1. The predicted octanol–water partition coefficient (Wildman–Crippen LogP) is 4.13. The smallest absolute Gasteiger partial charge is 0.416 e. The molecule has 1 aliphatic heterocycles. The van der Waals surface area contributed by atoms with E-state index >= 15 is 0 Å². The number of hydrogen-bond donors (Lipinski definition) is 1. The largest absolute Gasteiger partial charge is 0.461 e. The summed E-state index contributed by atoms with van der Waals surface area (Å²) in [6.07, 6.45) is -3.48. The van der Waals surface area contributed by atoms with Crippen LogP contribution in [0.4, 0.5) is 17.6 Å². The molecule has 1 aliphatic rings. The number of hydrogen-bond acceptors (Lipinski definition) is 7. The van der Waals surface area contributed by atoms with Gasteiger partial charge in [0.1, 0.15) is 16.2 Å². The second kappa shape index (κ2) is 8.60. The number of benzene rings is 1. The molecule has 168 valence electrons. The van der Waals surface area contributed by atoms with E-state index in [0.29, 0.717) is 11.3 Å². The van der Waals surface area contributed by atoms with Gasteiger partial charge in [0.25, 0.3) is 0 Å². The van der Waals surface area contributed by atoms with Crippen LogP contribution >= 0.6 is 22.6 Å². The average molecular weight is 561 g/mol. The summed E-state index contributed by atoms with van der Waals surface area (Å²) in [4.78, 5) is 11.4. The number of ether oxygens (including phenoxy) is 1. The molecule has 0 radical (unpaired) electrons. The Balaban J connectivity index is 1.48. The molecule has 13 heteroatoms. The summed E-state index contributed by atoms with van der Waals surface area (Å²) >= 11 is 2.04. The minimum Gasteiger partial charge on any atom is -0.461 e. The third kappa shape index (κ3) is 4.81. The number of nitrogens with zero attached hydrogens (tertiary/aromatic N) is 6. The highest BCUT2D eigenvalue weighted by Gasteiger charge is 2.42. The van der Waals surface area contributed by atoms with E-state index in [9.17, 15) is 17.6 Å². The van der Waals surface area contributed by atoms with E-state index in [2.05, 4.69) is 30.7 Å².